The highest BCUT2D eigenvalue weighted by Gasteiger charge is 2.30. The normalized spacial score (nSPS) is 14.7. The lowest BCUT2D eigenvalue weighted by molar-refractivity contribution is -0.161. The van der Waals surface area contributed by atoms with Crippen LogP contribution in [-0.4, -0.2) is 96.7 Å². The van der Waals surface area contributed by atoms with E-state index < -0.39 is 97.5 Å². The number of hydrogen-bond acceptors (Lipinski definition) is 15. The number of rotatable bonds is 74. The molecule has 0 aliphatic carbocycles. The lowest BCUT2D eigenvalue weighted by atomic mass is 9.99. The predicted octanol–water partition coefficient (Wildman–Crippen LogP) is 22.4. The minimum atomic E-state index is -4.96. The Morgan fingerprint density at radius 2 is 0.500 bits per heavy atom. The van der Waals surface area contributed by atoms with Crippen LogP contribution < -0.4 is 0 Å². The van der Waals surface area contributed by atoms with Crippen LogP contribution >= 0.6 is 15.6 Å². The fourth-order valence-electron chi connectivity index (χ4n) is 11.7. The number of carbonyl (C=O) groups is 4. The van der Waals surface area contributed by atoms with E-state index in [-0.39, 0.29) is 25.7 Å². The number of phosphoric acid groups is 2. The van der Waals surface area contributed by atoms with Crippen molar-refractivity contribution in [3.63, 3.8) is 0 Å². The number of hydrogen-bond donors (Lipinski definition) is 3. The minimum Gasteiger partial charge on any atom is -0.462 e. The van der Waals surface area contributed by atoms with Gasteiger partial charge in [0.1, 0.15) is 19.3 Å². The Labute approximate surface area is 588 Å². The molecule has 0 amide bonds. The number of ether oxygens (including phenoxy) is 4. The van der Waals surface area contributed by atoms with Crippen molar-refractivity contribution >= 4 is 39.5 Å². The average Bonchev–Trinajstić information content (AvgIpc) is 1.13. The van der Waals surface area contributed by atoms with Gasteiger partial charge in [0, 0.05) is 25.7 Å². The van der Waals surface area contributed by atoms with Crippen molar-refractivity contribution in [2.24, 2.45) is 23.7 Å². The second-order valence-corrected chi connectivity index (χ2v) is 32.1. The first kappa shape index (κ1) is 94.1. The smallest absolute Gasteiger partial charge is 0.462 e. The van der Waals surface area contributed by atoms with E-state index in [1.807, 2.05) is 0 Å². The SMILES string of the molecule is CCC(C)CCCCCCCCCCCCCCCCC(=O)O[C@H](COC(=O)CCCCCCCCC(C)C)COP(=O)(O)OC[C@@H](O)COP(=O)(O)OC[C@@H](COC(=O)CCCCCCCCC(C)CC)OC(=O)CCCCCCCCCCCCCCCCCCC(C)C. The Hall–Kier alpha value is -1.94. The Morgan fingerprint density at radius 3 is 0.740 bits per heavy atom. The van der Waals surface area contributed by atoms with E-state index in [0.29, 0.717) is 31.6 Å². The molecule has 0 radical (unpaired) electrons. The summed E-state index contributed by atoms with van der Waals surface area (Å²) in [6.45, 7) is 14.2. The lowest BCUT2D eigenvalue weighted by Crippen LogP contribution is -2.30. The van der Waals surface area contributed by atoms with Gasteiger partial charge in [-0.05, 0) is 49.4 Å². The molecule has 570 valence electrons. The Balaban J connectivity index is 5.18. The van der Waals surface area contributed by atoms with Crippen molar-refractivity contribution in [3.8, 4) is 0 Å². The first-order valence-corrected chi connectivity index (χ1v) is 42.8. The van der Waals surface area contributed by atoms with Gasteiger partial charge in [-0.25, -0.2) is 9.13 Å². The van der Waals surface area contributed by atoms with Crippen LogP contribution in [0.4, 0.5) is 0 Å². The quantitative estimate of drug-likeness (QED) is 0.0222. The monoisotopic (exact) mass is 1410 g/mol. The van der Waals surface area contributed by atoms with E-state index in [1.165, 1.54) is 180 Å². The molecule has 0 heterocycles. The number of aliphatic hydroxyl groups is 1. The maximum absolute atomic E-state index is 13.1. The molecular formula is C77H150O17P2. The molecule has 3 N–H and O–H groups in total. The summed E-state index contributed by atoms with van der Waals surface area (Å²) in [5.74, 6) is 0.942. The molecule has 0 aromatic carbocycles. The highest BCUT2D eigenvalue weighted by Crippen LogP contribution is 2.45. The van der Waals surface area contributed by atoms with Crippen molar-refractivity contribution in [1.82, 2.24) is 0 Å². The molecule has 0 fully saturated rings. The molecule has 7 atom stereocenters. The van der Waals surface area contributed by atoms with Gasteiger partial charge in [-0.15, -0.1) is 0 Å². The molecule has 19 heteroatoms. The molecule has 0 aromatic rings. The third kappa shape index (κ3) is 67.9. The van der Waals surface area contributed by atoms with Gasteiger partial charge in [-0.3, -0.25) is 37.3 Å². The lowest BCUT2D eigenvalue weighted by Gasteiger charge is -2.21. The van der Waals surface area contributed by atoms with Crippen LogP contribution in [0, 0.1) is 23.7 Å². The fraction of sp³-hybridized carbons (Fsp3) is 0.948. The Bertz CT molecular complexity index is 1890. The number of unbranched alkanes of at least 4 members (excludes halogenated alkanes) is 38. The van der Waals surface area contributed by atoms with Gasteiger partial charge >= 0.3 is 39.5 Å². The van der Waals surface area contributed by atoms with Crippen molar-refractivity contribution in [3.05, 3.63) is 0 Å². The highest BCUT2D eigenvalue weighted by molar-refractivity contribution is 7.47. The topological polar surface area (TPSA) is 237 Å². The fourth-order valence-corrected chi connectivity index (χ4v) is 13.2. The van der Waals surface area contributed by atoms with Crippen molar-refractivity contribution in [1.29, 1.82) is 0 Å². The largest absolute Gasteiger partial charge is 0.472 e. The number of phosphoric ester groups is 2. The molecule has 96 heavy (non-hydrogen) atoms. The summed E-state index contributed by atoms with van der Waals surface area (Å²) in [4.78, 5) is 72.8. The number of aliphatic hydroxyl groups excluding tert-OH is 1. The summed E-state index contributed by atoms with van der Waals surface area (Å²) in [5.41, 5.74) is 0. The van der Waals surface area contributed by atoms with E-state index in [2.05, 4.69) is 55.4 Å². The van der Waals surface area contributed by atoms with Crippen LogP contribution in [0.1, 0.15) is 389 Å². The summed E-state index contributed by atoms with van der Waals surface area (Å²) < 4.78 is 68.5. The molecule has 4 unspecified atom stereocenters. The van der Waals surface area contributed by atoms with Crippen molar-refractivity contribution < 1.29 is 80.2 Å². The molecule has 0 rings (SSSR count). The zero-order valence-electron chi connectivity index (χ0n) is 63.0. The third-order valence-electron chi connectivity index (χ3n) is 18.5. The van der Waals surface area contributed by atoms with Crippen molar-refractivity contribution in [2.75, 3.05) is 39.6 Å². The Morgan fingerprint density at radius 1 is 0.292 bits per heavy atom. The van der Waals surface area contributed by atoms with Crippen LogP contribution in [0.25, 0.3) is 0 Å². The zero-order chi connectivity index (χ0) is 71.0. The highest BCUT2D eigenvalue weighted by atomic mass is 31.2. The van der Waals surface area contributed by atoms with E-state index in [9.17, 15) is 43.2 Å². The van der Waals surface area contributed by atoms with Crippen LogP contribution in [0.3, 0.4) is 0 Å². The molecule has 0 aliphatic rings. The van der Waals surface area contributed by atoms with Gasteiger partial charge in [0.05, 0.1) is 26.4 Å². The van der Waals surface area contributed by atoms with E-state index >= 15 is 0 Å². The van der Waals surface area contributed by atoms with Gasteiger partial charge in [0.2, 0.25) is 0 Å². The minimum absolute atomic E-state index is 0.106. The molecule has 0 bridgehead atoms. The summed E-state index contributed by atoms with van der Waals surface area (Å²) >= 11 is 0. The second-order valence-electron chi connectivity index (χ2n) is 29.2. The van der Waals surface area contributed by atoms with E-state index in [1.54, 1.807) is 0 Å². The molecule has 0 saturated carbocycles. The number of carbonyl (C=O) groups excluding carboxylic acids is 4. The van der Waals surface area contributed by atoms with E-state index in [4.69, 9.17) is 37.0 Å². The summed E-state index contributed by atoms with van der Waals surface area (Å²) in [6.07, 6.45) is 51.5. The number of esters is 4. The first-order chi connectivity index (χ1) is 46.2. The standard InChI is InChI=1S/C77H150O17P2/c1-9-69(7)55-47-39-30-26-22-18-15-16-20-24-28-32-44-52-60-76(81)93-72(63-87-74(79)57-49-41-35-33-38-46-54-68(5)6)65-91-95(83,84)89-61-71(78)62-90-96(85,86)92-66-73(64-88-75(80)58-50-42-36-34-40-48-56-70(8)10-2)94-77(82)59-51-43-31-27-23-19-14-12-11-13-17-21-25-29-37-45-53-67(3)4/h67-73,78H,9-66H2,1-8H3,(H,83,84)(H,85,86)/t69?,70?,71-,72-,73-/m1/s1. The molecule has 0 saturated heterocycles. The van der Waals surface area contributed by atoms with Gasteiger partial charge in [-0.1, -0.05) is 338 Å². The zero-order valence-corrected chi connectivity index (χ0v) is 64.8. The molecule has 17 nitrogen and oxygen atoms in total. The van der Waals surface area contributed by atoms with Gasteiger partial charge in [0.15, 0.2) is 12.2 Å². The molecule has 0 spiro atoms. The maximum Gasteiger partial charge on any atom is 0.472 e. The van der Waals surface area contributed by atoms with E-state index in [0.717, 1.165) is 120 Å². The molecule has 0 aromatic heterocycles. The first-order valence-electron chi connectivity index (χ1n) is 39.8. The maximum atomic E-state index is 13.1. The van der Waals surface area contributed by atoms with Gasteiger partial charge in [0.25, 0.3) is 0 Å². The van der Waals surface area contributed by atoms with Crippen LogP contribution in [-0.2, 0) is 65.4 Å². The van der Waals surface area contributed by atoms with Crippen LogP contribution in [0.15, 0.2) is 0 Å². The summed E-state index contributed by atoms with van der Waals surface area (Å²) in [7, 11) is -9.91. The average molecular weight is 1410 g/mol. The third-order valence-corrected chi connectivity index (χ3v) is 20.4. The molecular weight excluding hydrogens is 1260 g/mol. The van der Waals surface area contributed by atoms with Crippen molar-refractivity contribution in [2.45, 2.75) is 408 Å². The molecule has 0 aliphatic heterocycles. The summed E-state index contributed by atoms with van der Waals surface area (Å²) in [5, 5.41) is 10.6. The second kappa shape index (κ2) is 66.3. The van der Waals surface area contributed by atoms with Gasteiger partial charge in [-0.2, -0.15) is 0 Å². The predicted molar refractivity (Wildman–Crippen MR) is 391 cm³/mol. The van der Waals surface area contributed by atoms with Crippen LogP contribution in [0.2, 0.25) is 0 Å². The van der Waals surface area contributed by atoms with Crippen LogP contribution in [0.5, 0.6) is 0 Å². The van der Waals surface area contributed by atoms with Gasteiger partial charge < -0.3 is 33.8 Å². The summed E-state index contributed by atoms with van der Waals surface area (Å²) in [6, 6.07) is 0. The Kier molecular flexibility index (Phi) is 65.0.